The third-order valence-electron chi connectivity index (χ3n) is 5.19. The van der Waals surface area contributed by atoms with E-state index in [9.17, 15) is 18.0 Å². The zero-order valence-electron chi connectivity index (χ0n) is 14.6. The number of anilines is 1. The third kappa shape index (κ3) is 3.45. The largest absolute Gasteiger partial charge is 0.433 e. The van der Waals surface area contributed by atoms with Gasteiger partial charge in [-0.3, -0.25) is 9.78 Å². The van der Waals surface area contributed by atoms with Crippen molar-refractivity contribution in [1.82, 2.24) is 19.9 Å². The molecule has 2 aromatic heterocycles. The highest BCUT2D eigenvalue weighted by atomic mass is 19.4. The van der Waals surface area contributed by atoms with Crippen LogP contribution in [0.25, 0.3) is 0 Å². The van der Waals surface area contributed by atoms with E-state index in [2.05, 4.69) is 19.9 Å². The van der Waals surface area contributed by atoms with Crippen LogP contribution >= 0.6 is 0 Å². The molecular weight excluding hydrogens is 359 g/mol. The first-order valence-electron chi connectivity index (χ1n) is 8.67. The summed E-state index contributed by atoms with van der Waals surface area (Å²) in [5.74, 6) is 1.27. The molecule has 2 aliphatic heterocycles. The molecule has 0 spiro atoms. The normalized spacial score (nSPS) is 22.2. The first-order valence-corrected chi connectivity index (χ1v) is 8.67. The Bertz CT molecular complexity index is 841. The van der Waals surface area contributed by atoms with Crippen molar-refractivity contribution < 1.29 is 18.0 Å². The molecule has 0 N–H and O–H groups in total. The van der Waals surface area contributed by atoms with E-state index in [0.29, 0.717) is 24.9 Å². The predicted molar refractivity (Wildman–Crippen MR) is 91.1 cm³/mol. The van der Waals surface area contributed by atoms with Gasteiger partial charge in [0.15, 0.2) is 0 Å². The minimum atomic E-state index is -4.50. The number of nitrogens with zero attached hydrogens (tertiary/aromatic N) is 5. The van der Waals surface area contributed by atoms with E-state index in [1.54, 1.807) is 11.2 Å². The average molecular weight is 377 g/mol. The van der Waals surface area contributed by atoms with Gasteiger partial charge in [0.2, 0.25) is 0 Å². The Morgan fingerprint density at radius 2 is 1.78 bits per heavy atom. The van der Waals surface area contributed by atoms with Crippen molar-refractivity contribution in [3.63, 3.8) is 0 Å². The topological polar surface area (TPSA) is 62.2 Å². The number of carbonyl (C=O) groups excluding carboxylic acids is 1. The molecule has 0 aliphatic carbocycles. The highest BCUT2D eigenvalue weighted by Gasteiger charge is 2.42. The second-order valence-electron chi connectivity index (χ2n) is 7.08. The molecule has 0 radical (unpaired) electrons. The fraction of sp³-hybridized carbons (Fsp3) is 0.444. The van der Waals surface area contributed by atoms with E-state index < -0.39 is 11.9 Å². The standard InChI is InChI=1S/C18H18F3N5O/c1-11-4-16(24-10-23-11)25-6-13-8-26(9-14(13)7-25)17(27)12-2-3-15(22-5-12)18(19,20)21/h2-5,10,13-14H,6-9H2,1H3. The quantitative estimate of drug-likeness (QED) is 0.804. The van der Waals surface area contributed by atoms with Gasteiger partial charge >= 0.3 is 6.18 Å². The maximum atomic E-state index is 12.6. The molecule has 0 bridgehead atoms. The van der Waals surface area contributed by atoms with Gasteiger partial charge in [0, 0.05) is 56.0 Å². The van der Waals surface area contributed by atoms with Crippen molar-refractivity contribution in [2.75, 3.05) is 31.1 Å². The van der Waals surface area contributed by atoms with Crippen LogP contribution in [0.3, 0.4) is 0 Å². The zero-order valence-corrected chi connectivity index (χ0v) is 14.6. The Labute approximate surface area is 154 Å². The molecule has 0 aromatic carbocycles. The lowest BCUT2D eigenvalue weighted by Gasteiger charge is -2.22. The molecule has 2 aromatic rings. The van der Waals surface area contributed by atoms with Crippen LogP contribution in [-0.2, 0) is 6.18 Å². The van der Waals surface area contributed by atoms with Gasteiger partial charge in [-0.1, -0.05) is 0 Å². The number of fused-ring (bicyclic) bond motifs is 1. The SMILES string of the molecule is Cc1cc(N2CC3CN(C(=O)c4ccc(C(F)(F)F)nc4)CC3C2)ncn1. The van der Waals surface area contributed by atoms with Gasteiger partial charge in [0.05, 0.1) is 5.56 Å². The fourth-order valence-corrected chi connectivity index (χ4v) is 3.83. The average Bonchev–Trinajstić information content (AvgIpc) is 3.19. The number of hydrogen-bond donors (Lipinski definition) is 0. The van der Waals surface area contributed by atoms with Gasteiger partial charge in [-0.25, -0.2) is 9.97 Å². The second-order valence-corrected chi connectivity index (χ2v) is 7.08. The van der Waals surface area contributed by atoms with Crippen LogP contribution in [0.15, 0.2) is 30.7 Å². The third-order valence-corrected chi connectivity index (χ3v) is 5.19. The van der Waals surface area contributed by atoms with E-state index in [0.717, 1.165) is 36.9 Å². The molecule has 4 heterocycles. The Balaban J connectivity index is 1.40. The molecule has 6 nitrogen and oxygen atoms in total. The fourth-order valence-electron chi connectivity index (χ4n) is 3.83. The van der Waals surface area contributed by atoms with Crippen molar-refractivity contribution in [1.29, 1.82) is 0 Å². The summed E-state index contributed by atoms with van der Waals surface area (Å²) in [5.41, 5.74) is 0.100. The molecule has 9 heteroatoms. The molecule has 2 aliphatic rings. The van der Waals surface area contributed by atoms with Gasteiger partial charge in [-0.05, 0) is 19.1 Å². The summed E-state index contributed by atoms with van der Waals surface area (Å²) in [7, 11) is 0. The Morgan fingerprint density at radius 1 is 1.07 bits per heavy atom. The van der Waals surface area contributed by atoms with Crippen LogP contribution in [0.5, 0.6) is 0 Å². The molecule has 27 heavy (non-hydrogen) atoms. The number of pyridine rings is 1. The summed E-state index contributed by atoms with van der Waals surface area (Å²) in [6.07, 6.45) is -1.95. The van der Waals surface area contributed by atoms with Crippen LogP contribution in [0.1, 0.15) is 21.7 Å². The number of hydrogen-bond acceptors (Lipinski definition) is 5. The van der Waals surface area contributed by atoms with Gasteiger partial charge in [0.1, 0.15) is 17.8 Å². The maximum absolute atomic E-state index is 12.6. The van der Waals surface area contributed by atoms with Gasteiger partial charge in [0.25, 0.3) is 5.91 Å². The van der Waals surface area contributed by atoms with E-state index in [-0.39, 0.29) is 11.5 Å². The van der Waals surface area contributed by atoms with Gasteiger partial charge in [-0.15, -0.1) is 0 Å². The highest BCUT2D eigenvalue weighted by molar-refractivity contribution is 5.94. The Morgan fingerprint density at radius 3 is 2.33 bits per heavy atom. The van der Waals surface area contributed by atoms with E-state index in [4.69, 9.17) is 0 Å². The second kappa shape index (κ2) is 6.47. The number of amides is 1. The number of likely N-dealkylation sites (tertiary alicyclic amines) is 1. The first kappa shape index (κ1) is 17.7. The van der Waals surface area contributed by atoms with Crippen LogP contribution in [0.4, 0.5) is 19.0 Å². The number of carbonyl (C=O) groups is 1. The Hall–Kier alpha value is -2.71. The van der Waals surface area contributed by atoms with E-state index in [1.807, 2.05) is 13.0 Å². The van der Waals surface area contributed by atoms with Crippen molar-refractivity contribution in [2.45, 2.75) is 13.1 Å². The van der Waals surface area contributed by atoms with E-state index >= 15 is 0 Å². The lowest BCUT2D eigenvalue weighted by Crippen LogP contribution is -2.33. The zero-order chi connectivity index (χ0) is 19.2. The summed E-state index contributed by atoms with van der Waals surface area (Å²) in [6.45, 7) is 4.70. The number of aromatic nitrogens is 3. The van der Waals surface area contributed by atoms with Crippen LogP contribution in [0.2, 0.25) is 0 Å². The number of alkyl halides is 3. The minimum absolute atomic E-state index is 0.186. The van der Waals surface area contributed by atoms with Crippen LogP contribution in [-0.4, -0.2) is 51.9 Å². The summed E-state index contributed by atoms with van der Waals surface area (Å²) in [4.78, 5) is 28.3. The predicted octanol–water partition coefficient (Wildman–Crippen LogP) is 2.41. The molecule has 2 fully saturated rings. The monoisotopic (exact) mass is 377 g/mol. The molecule has 4 rings (SSSR count). The number of rotatable bonds is 2. The first-order chi connectivity index (χ1) is 12.8. The van der Waals surface area contributed by atoms with Crippen LogP contribution < -0.4 is 4.90 Å². The van der Waals surface area contributed by atoms with Crippen molar-refractivity contribution in [3.05, 3.63) is 47.7 Å². The lowest BCUT2D eigenvalue weighted by atomic mass is 10.0. The minimum Gasteiger partial charge on any atom is -0.356 e. The van der Waals surface area contributed by atoms with E-state index in [1.165, 1.54) is 6.07 Å². The molecule has 2 atom stereocenters. The number of halogens is 3. The van der Waals surface area contributed by atoms with Crippen molar-refractivity contribution >= 4 is 11.7 Å². The molecule has 2 unspecified atom stereocenters. The molecule has 0 saturated carbocycles. The molecule has 1 amide bonds. The lowest BCUT2D eigenvalue weighted by molar-refractivity contribution is -0.141. The smallest absolute Gasteiger partial charge is 0.356 e. The summed E-state index contributed by atoms with van der Waals surface area (Å²) >= 11 is 0. The highest BCUT2D eigenvalue weighted by Crippen LogP contribution is 2.34. The Kier molecular flexibility index (Phi) is 4.24. The van der Waals surface area contributed by atoms with Gasteiger partial charge < -0.3 is 9.80 Å². The van der Waals surface area contributed by atoms with Crippen LogP contribution in [0, 0.1) is 18.8 Å². The molecule has 2 saturated heterocycles. The molecule has 142 valence electrons. The maximum Gasteiger partial charge on any atom is 0.433 e. The summed E-state index contributed by atoms with van der Waals surface area (Å²) in [5, 5.41) is 0. The summed E-state index contributed by atoms with van der Waals surface area (Å²) < 4.78 is 37.8. The van der Waals surface area contributed by atoms with Gasteiger partial charge in [-0.2, -0.15) is 13.2 Å². The van der Waals surface area contributed by atoms with Crippen molar-refractivity contribution in [2.24, 2.45) is 11.8 Å². The number of aryl methyl sites for hydroxylation is 1. The molecular formula is C18H18F3N5O. The summed E-state index contributed by atoms with van der Waals surface area (Å²) in [6, 6.07) is 3.99. The van der Waals surface area contributed by atoms with Crippen molar-refractivity contribution in [3.8, 4) is 0 Å².